The number of hydrogen-bond acceptors (Lipinski definition) is 1. The lowest BCUT2D eigenvalue weighted by Crippen LogP contribution is -1.97. The summed E-state index contributed by atoms with van der Waals surface area (Å²) in [6.45, 7) is 3.20. The highest BCUT2D eigenvalue weighted by Crippen LogP contribution is 2.54. The van der Waals surface area contributed by atoms with Crippen molar-refractivity contribution in [3.05, 3.63) is 0 Å². The summed E-state index contributed by atoms with van der Waals surface area (Å²) in [7, 11) is 0. The molecule has 0 aromatic heterocycles. The van der Waals surface area contributed by atoms with E-state index >= 15 is 0 Å². The van der Waals surface area contributed by atoms with Crippen LogP contribution in [0.3, 0.4) is 0 Å². The largest absolute Gasteiger partial charge is 0.330 e. The van der Waals surface area contributed by atoms with Crippen molar-refractivity contribution in [3.63, 3.8) is 0 Å². The van der Waals surface area contributed by atoms with Crippen LogP contribution in [-0.2, 0) is 0 Å². The first-order valence-electron chi connectivity index (χ1n) is 9.55. The van der Waals surface area contributed by atoms with Gasteiger partial charge >= 0.3 is 0 Å². The fraction of sp³-hybridized carbons (Fsp3) is 1.00. The molecule has 2 aliphatic rings. The Balaban J connectivity index is 1.38. The molecular formula is C19H37N. The number of unbranched alkanes of at least 4 members (excludes halogenated alkanes) is 6. The first-order valence-corrected chi connectivity index (χ1v) is 9.55. The maximum Gasteiger partial charge on any atom is -0.00773 e. The summed E-state index contributed by atoms with van der Waals surface area (Å²) in [5.41, 5.74) is 5.52. The van der Waals surface area contributed by atoms with E-state index in [2.05, 4.69) is 6.92 Å². The fourth-order valence-electron chi connectivity index (χ4n) is 4.03. The molecule has 20 heavy (non-hydrogen) atoms. The Kier molecular flexibility index (Phi) is 7.41. The third-order valence-electron chi connectivity index (χ3n) is 5.70. The second kappa shape index (κ2) is 9.07. The molecule has 0 bridgehead atoms. The molecule has 1 nitrogen and oxygen atoms in total. The molecule has 4 unspecified atom stereocenters. The molecule has 0 aliphatic heterocycles. The van der Waals surface area contributed by atoms with E-state index in [0.29, 0.717) is 0 Å². The van der Waals surface area contributed by atoms with Gasteiger partial charge in [-0.15, -0.1) is 0 Å². The molecule has 0 saturated heterocycles. The predicted molar refractivity (Wildman–Crippen MR) is 88.7 cm³/mol. The molecule has 1 heteroatoms. The van der Waals surface area contributed by atoms with Gasteiger partial charge < -0.3 is 5.73 Å². The van der Waals surface area contributed by atoms with E-state index in [1.165, 1.54) is 64.2 Å². The summed E-state index contributed by atoms with van der Waals surface area (Å²) < 4.78 is 0. The molecule has 2 aliphatic carbocycles. The number of hydrogen-bond donors (Lipinski definition) is 1. The maximum atomic E-state index is 5.52. The van der Waals surface area contributed by atoms with Gasteiger partial charge in [-0.3, -0.25) is 0 Å². The van der Waals surface area contributed by atoms with Crippen LogP contribution in [0.5, 0.6) is 0 Å². The van der Waals surface area contributed by atoms with Gasteiger partial charge in [-0.2, -0.15) is 0 Å². The average molecular weight is 280 g/mol. The smallest absolute Gasteiger partial charge is 0.00773 e. The van der Waals surface area contributed by atoms with Crippen molar-refractivity contribution >= 4 is 0 Å². The Morgan fingerprint density at radius 3 is 1.85 bits per heavy atom. The zero-order valence-electron chi connectivity index (χ0n) is 13.8. The maximum absolute atomic E-state index is 5.52. The van der Waals surface area contributed by atoms with Crippen molar-refractivity contribution in [2.75, 3.05) is 6.54 Å². The number of rotatable bonds is 13. The van der Waals surface area contributed by atoms with Gasteiger partial charge in [-0.05, 0) is 55.9 Å². The van der Waals surface area contributed by atoms with Crippen LogP contribution in [0.4, 0.5) is 0 Å². The van der Waals surface area contributed by atoms with Crippen LogP contribution < -0.4 is 5.73 Å². The Morgan fingerprint density at radius 2 is 1.25 bits per heavy atom. The zero-order valence-corrected chi connectivity index (χ0v) is 13.8. The molecule has 0 aromatic rings. The summed E-state index contributed by atoms with van der Waals surface area (Å²) >= 11 is 0. The second-order valence-electron chi connectivity index (χ2n) is 7.59. The third-order valence-corrected chi connectivity index (χ3v) is 5.70. The molecule has 0 spiro atoms. The minimum absolute atomic E-state index is 0.880. The average Bonchev–Trinajstić information content (AvgIpc) is 3.35. The molecule has 0 amide bonds. The van der Waals surface area contributed by atoms with E-state index in [0.717, 1.165) is 30.2 Å². The third kappa shape index (κ3) is 6.16. The molecule has 2 N–H and O–H groups in total. The summed E-state index contributed by atoms with van der Waals surface area (Å²) in [4.78, 5) is 0. The topological polar surface area (TPSA) is 26.0 Å². The zero-order chi connectivity index (χ0) is 14.2. The highest BCUT2D eigenvalue weighted by atomic mass is 14.5. The lowest BCUT2D eigenvalue weighted by Gasteiger charge is -2.02. The van der Waals surface area contributed by atoms with E-state index < -0.39 is 0 Å². The first-order chi connectivity index (χ1) is 9.85. The molecule has 0 aromatic carbocycles. The molecule has 2 rings (SSSR count). The molecule has 2 fully saturated rings. The lowest BCUT2D eigenvalue weighted by atomic mass is 10.0. The Labute approximate surface area is 127 Å². The van der Waals surface area contributed by atoms with Gasteiger partial charge in [0.15, 0.2) is 0 Å². The van der Waals surface area contributed by atoms with Crippen LogP contribution in [0.25, 0.3) is 0 Å². The van der Waals surface area contributed by atoms with Crippen LogP contribution >= 0.6 is 0 Å². The Hall–Kier alpha value is -0.0400. The van der Waals surface area contributed by atoms with Crippen molar-refractivity contribution in [2.24, 2.45) is 29.4 Å². The van der Waals surface area contributed by atoms with E-state index in [1.807, 2.05) is 0 Å². The number of nitrogens with two attached hydrogens (primary N) is 1. The van der Waals surface area contributed by atoms with E-state index in [4.69, 9.17) is 5.73 Å². The fourth-order valence-corrected chi connectivity index (χ4v) is 4.03. The summed E-state index contributed by atoms with van der Waals surface area (Å²) in [5.74, 6) is 4.55. The summed E-state index contributed by atoms with van der Waals surface area (Å²) in [5, 5.41) is 0. The molecule has 0 heterocycles. The van der Waals surface area contributed by atoms with Gasteiger partial charge in [0.25, 0.3) is 0 Å². The monoisotopic (exact) mass is 279 g/mol. The Morgan fingerprint density at radius 1 is 0.700 bits per heavy atom. The molecule has 0 radical (unpaired) electrons. The van der Waals surface area contributed by atoms with E-state index in [1.54, 1.807) is 19.3 Å². The summed E-state index contributed by atoms with van der Waals surface area (Å²) in [6.07, 6.45) is 19.1. The van der Waals surface area contributed by atoms with Gasteiger partial charge in [0, 0.05) is 0 Å². The van der Waals surface area contributed by atoms with Crippen molar-refractivity contribution in [1.82, 2.24) is 0 Å². The van der Waals surface area contributed by atoms with Crippen molar-refractivity contribution in [3.8, 4) is 0 Å². The molecule has 2 saturated carbocycles. The quantitative estimate of drug-likeness (QED) is 0.441. The van der Waals surface area contributed by atoms with Crippen LogP contribution in [0.2, 0.25) is 0 Å². The van der Waals surface area contributed by atoms with Gasteiger partial charge in [-0.25, -0.2) is 0 Å². The highest BCUT2D eigenvalue weighted by molar-refractivity contribution is 4.94. The van der Waals surface area contributed by atoms with Crippen LogP contribution in [-0.4, -0.2) is 6.54 Å². The van der Waals surface area contributed by atoms with E-state index in [-0.39, 0.29) is 0 Å². The second-order valence-corrected chi connectivity index (χ2v) is 7.59. The van der Waals surface area contributed by atoms with Crippen molar-refractivity contribution in [1.29, 1.82) is 0 Å². The van der Waals surface area contributed by atoms with Gasteiger partial charge in [-0.1, -0.05) is 64.7 Å². The molecule has 118 valence electrons. The van der Waals surface area contributed by atoms with E-state index in [9.17, 15) is 0 Å². The molecule has 4 atom stereocenters. The van der Waals surface area contributed by atoms with Crippen LogP contribution in [0, 0.1) is 23.7 Å². The van der Waals surface area contributed by atoms with Gasteiger partial charge in [0.1, 0.15) is 0 Å². The minimum Gasteiger partial charge on any atom is -0.330 e. The SMILES string of the molecule is CCCCCC1CC1CC1CC1CCCCCCCN. The van der Waals surface area contributed by atoms with Crippen LogP contribution in [0.1, 0.15) is 90.4 Å². The Bertz CT molecular complexity index is 250. The van der Waals surface area contributed by atoms with Crippen molar-refractivity contribution in [2.45, 2.75) is 90.4 Å². The lowest BCUT2D eigenvalue weighted by molar-refractivity contribution is 0.502. The minimum atomic E-state index is 0.880. The van der Waals surface area contributed by atoms with Crippen LogP contribution in [0.15, 0.2) is 0 Å². The highest BCUT2D eigenvalue weighted by Gasteiger charge is 2.44. The standard InChI is InChI=1S/C19H37N/c1-2-3-7-10-16-13-18(16)15-19-14-17(19)11-8-5-4-6-9-12-20/h16-19H,2-15,20H2,1H3. The van der Waals surface area contributed by atoms with Gasteiger partial charge in [0.05, 0.1) is 0 Å². The van der Waals surface area contributed by atoms with Gasteiger partial charge in [0.2, 0.25) is 0 Å². The first kappa shape index (κ1) is 16.3. The predicted octanol–water partition coefficient (Wildman–Crippen LogP) is 5.53. The summed E-state index contributed by atoms with van der Waals surface area (Å²) in [6, 6.07) is 0. The normalized spacial score (nSPS) is 31.5. The van der Waals surface area contributed by atoms with Crippen molar-refractivity contribution < 1.29 is 0 Å². The molecular weight excluding hydrogens is 242 g/mol.